The maximum absolute atomic E-state index is 13.1. The Morgan fingerprint density at radius 2 is 1.60 bits per heavy atom. The number of hydrogen-bond acceptors (Lipinski definition) is 1. The Kier molecular flexibility index (Phi) is 5.29. The van der Waals surface area contributed by atoms with Crippen LogP contribution in [0.1, 0.15) is 30.5 Å². The van der Waals surface area contributed by atoms with Gasteiger partial charge in [-0.2, -0.15) is 0 Å². The van der Waals surface area contributed by atoms with E-state index in [0.717, 1.165) is 22.3 Å². The fraction of sp³-hybridized carbons (Fsp3) is 0.192. The first kappa shape index (κ1) is 19.7. The Balaban J connectivity index is 1.50. The zero-order chi connectivity index (χ0) is 21.1. The summed E-state index contributed by atoms with van der Waals surface area (Å²) in [5, 5.41) is 3.05. The van der Waals surface area contributed by atoms with Gasteiger partial charge in [0.15, 0.2) is 0 Å². The van der Waals surface area contributed by atoms with Crippen molar-refractivity contribution in [1.82, 2.24) is 10.2 Å². The van der Waals surface area contributed by atoms with E-state index in [9.17, 15) is 9.18 Å². The highest BCUT2D eigenvalue weighted by atomic mass is 19.1. The Morgan fingerprint density at radius 3 is 2.17 bits per heavy atom. The van der Waals surface area contributed by atoms with E-state index in [0.29, 0.717) is 13.0 Å². The third-order valence-corrected chi connectivity index (χ3v) is 5.86. The molecule has 4 heteroatoms. The normalized spacial score (nSPS) is 19.6. The molecule has 1 aliphatic heterocycles. The predicted molar refractivity (Wildman–Crippen MR) is 117 cm³/mol. The Bertz CT molecular complexity index is 1070. The number of terminal acetylenes is 1. The van der Waals surface area contributed by atoms with Gasteiger partial charge in [-0.25, -0.2) is 9.18 Å². The first-order chi connectivity index (χ1) is 14.5. The van der Waals surface area contributed by atoms with Crippen molar-refractivity contribution in [2.24, 2.45) is 0 Å². The van der Waals surface area contributed by atoms with E-state index < -0.39 is 5.54 Å². The van der Waals surface area contributed by atoms with Crippen molar-refractivity contribution in [2.45, 2.75) is 24.9 Å². The average Bonchev–Trinajstić information content (AvgIpc) is 2.80. The van der Waals surface area contributed by atoms with Crippen LogP contribution in [0, 0.1) is 18.2 Å². The molecule has 0 spiro atoms. The number of carbonyl (C=O) groups excluding carboxylic acids is 1. The van der Waals surface area contributed by atoms with Gasteiger partial charge in [0, 0.05) is 13.0 Å². The molecule has 3 nitrogen and oxygen atoms in total. The number of carbonyl (C=O) groups is 1. The second kappa shape index (κ2) is 8.04. The Hall–Kier alpha value is -3.58. The van der Waals surface area contributed by atoms with Crippen molar-refractivity contribution >= 4 is 6.03 Å². The molecule has 1 aliphatic rings. The second-order valence-corrected chi connectivity index (χ2v) is 7.59. The van der Waals surface area contributed by atoms with E-state index in [2.05, 4.69) is 11.2 Å². The molecule has 0 bridgehead atoms. The van der Waals surface area contributed by atoms with Gasteiger partial charge in [0.25, 0.3) is 0 Å². The van der Waals surface area contributed by atoms with E-state index in [-0.39, 0.29) is 17.9 Å². The molecule has 1 fully saturated rings. The van der Waals surface area contributed by atoms with Crippen molar-refractivity contribution in [3.63, 3.8) is 0 Å². The largest absolute Gasteiger partial charge is 0.319 e. The monoisotopic (exact) mass is 398 g/mol. The summed E-state index contributed by atoms with van der Waals surface area (Å²) in [6, 6.07) is 23.9. The molecule has 2 atom stereocenters. The van der Waals surface area contributed by atoms with E-state index in [1.165, 1.54) is 12.1 Å². The van der Waals surface area contributed by atoms with E-state index in [4.69, 9.17) is 6.42 Å². The third kappa shape index (κ3) is 3.67. The van der Waals surface area contributed by atoms with Gasteiger partial charge in [-0.3, -0.25) is 0 Å². The summed E-state index contributed by atoms with van der Waals surface area (Å²) in [5.74, 6) is 2.56. The highest BCUT2D eigenvalue weighted by molar-refractivity contribution is 5.78. The van der Waals surface area contributed by atoms with Gasteiger partial charge in [0.2, 0.25) is 0 Å². The smallest absolute Gasteiger partial charge is 0.318 e. The van der Waals surface area contributed by atoms with Crippen LogP contribution in [0.4, 0.5) is 9.18 Å². The lowest BCUT2D eigenvalue weighted by Crippen LogP contribution is -2.57. The lowest BCUT2D eigenvalue weighted by molar-refractivity contribution is 0.141. The minimum atomic E-state index is -0.777. The molecule has 150 valence electrons. The van der Waals surface area contributed by atoms with Gasteiger partial charge in [-0.1, -0.05) is 72.7 Å². The summed E-state index contributed by atoms with van der Waals surface area (Å²) >= 11 is 0. The third-order valence-electron chi connectivity index (χ3n) is 5.86. The van der Waals surface area contributed by atoms with Crippen LogP contribution in [-0.4, -0.2) is 17.5 Å². The summed E-state index contributed by atoms with van der Waals surface area (Å²) in [7, 11) is 0. The van der Waals surface area contributed by atoms with Crippen LogP contribution < -0.4 is 5.32 Å². The Morgan fingerprint density at radius 1 is 1.00 bits per heavy atom. The molecule has 0 radical (unpaired) electrons. The van der Waals surface area contributed by atoms with Gasteiger partial charge in [-0.15, -0.1) is 6.42 Å². The fourth-order valence-corrected chi connectivity index (χ4v) is 3.98. The quantitative estimate of drug-likeness (QED) is 0.579. The van der Waals surface area contributed by atoms with Crippen LogP contribution in [0.2, 0.25) is 0 Å². The molecule has 1 N–H and O–H groups in total. The SMILES string of the molecule is C#CC1(c2ccccc2)CCN(C(C)c2ccc(-c3ccc(F)cc3)cc2)C(=O)N1. The molecular weight excluding hydrogens is 375 g/mol. The molecule has 1 saturated heterocycles. The summed E-state index contributed by atoms with van der Waals surface area (Å²) in [6.07, 6.45) is 6.48. The zero-order valence-electron chi connectivity index (χ0n) is 16.8. The number of benzene rings is 3. The van der Waals surface area contributed by atoms with Crippen molar-refractivity contribution < 1.29 is 9.18 Å². The van der Waals surface area contributed by atoms with Crippen LogP contribution in [0.25, 0.3) is 11.1 Å². The standard InChI is InChI=1S/C26H23FN2O/c1-3-26(23-7-5-4-6-8-23)17-18-29(25(30)28-26)19(2)20-9-11-21(12-10-20)22-13-15-24(27)16-14-22/h1,4-16,19H,17-18H2,2H3,(H,28,30). The maximum atomic E-state index is 13.1. The molecule has 3 aromatic rings. The van der Waals surface area contributed by atoms with Crippen molar-refractivity contribution in [3.8, 4) is 23.5 Å². The van der Waals surface area contributed by atoms with E-state index in [1.807, 2.05) is 66.4 Å². The minimum absolute atomic E-state index is 0.0983. The summed E-state index contributed by atoms with van der Waals surface area (Å²) in [6.45, 7) is 2.57. The number of rotatable bonds is 4. The van der Waals surface area contributed by atoms with Crippen LogP contribution >= 0.6 is 0 Å². The van der Waals surface area contributed by atoms with Gasteiger partial charge >= 0.3 is 6.03 Å². The zero-order valence-corrected chi connectivity index (χ0v) is 16.8. The van der Waals surface area contributed by atoms with Gasteiger partial charge in [0.05, 0.1) is 6.04 Å². The van der Waals surface area contributed by atoms with E-state index >= 15 is 0 Å². The maximum Gasteiger partial charge on any atom is 0.319 e. The number of halogens is 1. The van der Waals surface area contributed by atoms with Crippen molar-refractivity contribution in [1.29, 1.82) is 0 Å². The number of nitrogens with one attached hydrogen (secondary N) is 1. The summed E-state index contributed by atoms with van der Waals surface area (Å²) < 4.78 is 13.1. The van der Waals surface area contributed by atoms with Gasteiger partial charge < -0.3 is 10.2 Å². The molecule has 30 heavy (non-hydrogen) atoms. The second-order valence-electron chi connectivity index (χ2n) is 7.59. The number of hydrogen-bond donors (Lipinski definition) is 1. The van der Waals surface area contributed by atoms with Crippen LogP contribution in [-0.2, 0) is 5.54 Å². The molecule has 2 amide bonds. The lowest BCUT2D eigenvalue weighted by Gasteiger charge is -2.42. The number of amides is 2. The highest BCUT2D eigenvalue weighted by Crippen LogP contribution is 2.32. The summed E-state index contributed by atoms with van der Waals surface area (Å²) in [4.78, 5) is 14.8. The topological polar surface area (TPSA) is 32.3 Å². The molecule has 4 rings (SSSR count). The van der Waals surface area contributed by atoms with Gasteiger partial charge in [0.1, 0.15) is 11.4 Å². The molecule has 2 unspecified atom stereocenters. The molecule has 1 heterocycles. The van der Waals surface area contributed by atoms with E-state index in [1.54, 1.807) is 12.1 Å². The predicted octanol–water partition coefficient (Wildman–Crippen LogP) is 5.50. The number of urea groups is 1. The first-order valence-corrected chi connectivity index (χ1v) is 10.0. The van der Waals surface area contributed by atoms with Crippen LogP contribution in [0.5, 0.6) is 0 Å². The van der Waals surface area contributed by atoms with Crippen molar-refractivity contribution in [3.05, 3.63) is 95.8 Å². The highest BCUT2D eigenvalue weighted by Gasteiger charge is 2.39. The number of nitrogens with zero attached hydrogens (tertiary/aromatic N) is 1. The minimum Gasteiger partial charge on any atom is -0.318 e. The molecular formula is C26H23FN2O. The Labute approximate surface area is 176 Å². The van der Waals surface area contributed by atoms with Gasteiger partial charge in [-0.05, 0) is 41.3 Å². The van der Waals surface area contributed by atoms with Crippen molar-refractivity contribution in [2.75, 3.05) is 6.54 Å². The molecule has 3 aromatic carbocycles. The van der Waals surface area contributed by atoms with Crippen LogP contribution in [0.15, 0.2) is 78.9 Å². The molecule has 0 saturated carbocycles. The molecule has 0 aromatic heterocycles. The summed E-state index contributed by atoms with van der Waals surface area (Å²) in [5.41, 5.74) is 3.14. The molecule has 0 aliphatic carbocycles. The average molecular weight is 398 g/mol. The lowest BCUT2D eigenvalue weighted by atomic mass is 9.85. The first-order valence-electron chi connectivity index (χ1n) is 10.0. The van der Waals surface area contributed by atoms with Crippen LogP contribution in [0.3, 0.4) is 0 Å². The fourth-order valence-electron chi connectivity index (χ4n) is 3.98.